The van der Waals surface area contributed by atoms with E-state index >= 15 is 0 Å². The number of halogens is 1. The van der Waals surface area contributed by atoms with Gasteiger partial charge in [0.25, 0.3) is 0 Å². The summed E-state index contributed by atoms with van der Waals surface area (Å²) in [7, 11) is 0. The van der Waals surface area contributed by atoms with Gasteiger partial charge in [0.05, 0.1) is 10.7 Å². The number of hydrogen-bond acceptors (Lipinski definition) is 3. The van der Waals surface area contributed by atoms with Crippen molar-refractivity contribution in [3.63, 3.8) is 0 Å². The third-order valence-electron chi connectivity index (χ3n) is 2.15. The fourth-order valence-corrected chi connectivity index (χ4v) is 1.42. The zero-order valence-corrected chi connectivity index (χ0v) is 10.9. The number of anilines is 1. The van der Waals surface area contributed by atoms with E-state index < -0.39 is 0 Å². The van der Waals surface area contributed by atoms with E-state index in [2.05, 4.69) is 29.5 Å². The van der Waals surface area contributed by atoms with Gasteiger partial charge in [-0.05, 0) is 12.0 Å². The quantitative estimate of drug-likeness (QED) is 0.820. The number of pyridine rings is 1. The molecule has 0 spiro atoms. The molecule has 1 aromatic rings. The van der Waals surface area contributed by atoms with Crippen molar-refractivity contribution in [2.45, 2.75) is 20.3 Å². The van der Waals surface area contributed by atoms with Crippen LogP contribution in [0.4, 0.5) is 5.69 Å². The Hall–Kier alpha value is -1.29. The molecule has 1 rings (SSSR count). The molecule has 2 N–H and O–H groups in total. The average molecular weight is 256 g/mol. The molecule has 0 aromatic carbocycles. The van der Waals surface area contributed by atoms with Gasteiger partial charge in [-0.2, -0.15) is 0 Å². The molecule has 17 heavy (non-hydrogen) atoms. The SMILES string of the molecule is CC(C)CNC(=O)CCNc1ccncc1Cl. The number of rotatable bonds is 6. The van der Waals surface area contributed by atoms with Gasteiger partial charge in [0.15, 0.2) is 0 Å². The molecule has 0 saturated heterocycles. The van der Waals surface area contributed by atoms with Crippen molar-refractivity contribution < 1.29 is 4.79 Å². The summed E-state index contributed by atoms with van der Waals surface area (Å²) in [6.45, 7) is 5.41. The third kappa shape index (κ3) is 5.54. The van der Waals surface area contributed by atoms with Crippen LogP contribution in [0, 0.1) is 5.92 Å². The number of nitrogens with zero attached hydrogens (tertiary/aromatic N) is 1. The van der Waals surface area contributed by atoms with Crippen molar-refractivity contribution in [2.24, 2.45) is 5.92 Å². The number of nitrogens with one attached hydrogen (secondary N) is 2. The fourth-order valence-electron chi connectivity index (χ4n) is 1.24. The molecule has 0 radical (unpaired) electrons. The van der Waals surface area contributed by atoms with Crippen LogP contribution in [0.1, 0.15) is 20.3 Å². The lowest BCUT2D eigenvalue weighted by Crippen LogP contribution is -2.28. The smallest absolute Gasteiger partial charge is 0.221 e. The fraction of sp³-hybridized carbons (Fsp3) is 0.500. The predicted octanol–water partition coefficient (Wildman–Crippen LogP) is 2.31. The Bertz CT molecular complexity index is 369. The van der Waals surface area contributed by atoms with Crippen LogP contribution in [0.5, 0.6) is 0 Å². The molecule has 0 atom stereocenters. The van der Waals surface area contributed by atoms with Crippen LogP contribution >= 0.6 is 11.6 Å². The summed E-state index contributed by atoms with van der Waals surface area (Å²) in [5.41, 5.74) is 0.804. The molecule has 0 fully saturated rings. The molecule has 0 aliphatic rings. The number of amides is 1. The zero-order chi connectivity index (χ0) is 12.7. The van der Waals surface area contributed by atoms with E-state index in [1.165, 1.54) is 0 Å². The molecule has 94 valence electrons. The molecular weight excluding hydrogens is 238 g/mol. The van der Waals surface area contributed by atoms with Gasteiger partial charge in [0, 0.05) is 31.9 Å². The summed E-state index contributed by atoms with van der Waals surface area (Å²) >= 11 is 5.92. The molecule has 0 saturated carbocycles. The Morgan fingerprint density at radius 3 is 2.94 bits per heavy atom. The number of hydrogen-bond donors (Lipinski definition) is 2. The topological polar surface area (TPSA) is 54.0 Å². The molecule has 0 unspecified atom stereocenters. The summed E-state index contributed by atoms with van der Waals surface area (Å²) in [4.78, 5) is 15.3. The van der Waals surface area contributed by atoms with Crippen LogP contribution in [0.2, 0.25) is 5.02 Å². The van der Waals surface area contributed by atoms with Crippen molar-refractivity contribution >= 4 is 23.2 Å². The first-order valence-corrected chi connectivity index (χ1v) is 6.07. The molecular formula is C12H18ClN3O. The molecule has 0 aliphatic carbocycles. The maximum absolute atomic E-state index is 11.4. The highest BCUT2D eigenvalue weighted by atomic mass is 35.5. The van der Waals surface area contributed by atoms with Gasteiger partial charge >= 0.3 is 0 Å². The summed E-state index contributed by atoms with van der Waals surface area (Å²) in [5.74, 6) is 0.526. The van der Waals surface area contributed by atoms with E-state index in [0.29, 0.717) is 23.9 Å². The second-order valence-corrected chi connectivity index (χ2v) is 4.64. The van der Waals surface area contributed by atoms with E-state index in [1.54, 1.807) is 18.5 Å². The van der Waals surface area contributed by atoms with Crippen LogP contribution in [0.15, 0.2) is 18.5 Å². The Morgan fingerprint density at radius 1 is 1.53 bits per heavy atom. The van der Waals surface area contributed by atoms with Gasteiger partial charge in [0.1, 0.15) is 0 Å². The average Bonchev–Trinajstić information content (AvgIpc) is 2.29. The number of aromatic nitrogens is 1. The highest BCUT2D eigenvalue weighted by Crippen LogP contribution is 2.18. The minimum atomic E-state index is 0.0522. The largest absolute Gasteiger partial charge is 0.383 e. The van der Waals surface area contributed by atoms with Crippen molar-refractivity contribution in [1.82, 2.24) is 10.3 Å². The second kappa shape index (κ2) is 7.12. The minimum Gasteiger partial charge on any atom is -0.383 e. The first-order valence-electron chi connectivity index (χ1n) is 5.69. The normalized spacial score (nSPS) is 10.4. The van der Waals surface area contributed by atoms with Gasteiger partial charge in [-0.25, -0.2) is 0 Å². The summed E-state index contributed by atoms with van der Waals surface area (Å²) in [6, 6.07) is 1.79. The number of carbonyl (C=O) groups excluding carboxylic acids is 1. The molecule has 5 heteroatoms. The van der Waals surface area contributed by atoms with Crippen molar-refractivity contribution in [3.05, 3.63) is 23.5 Å². The van der Waals surface area contributed by atoms with Crippen LogP contribution in [-0.4, -0.2) is 24.0 Å². The Kier molecular flexibility index (Phi) is 5.77. The van der Waals surface area contributed by atoms with Crippen molar-refractivity contribution in [1.29, 1.82) is 0 Å². The summed E-state index contributed by atoms with van der Waals surface area (Å²) in [6.07, 6.45) is 3.67. The Morgan fingerprint density at radius 2 is 2.29 bits per heavy atom. The first kappa shape index (κ1) is 13.8. The van der Waals surface area contributed by atoms with Crippen LogP contribution in [-0.2, 0) is 4.79 Å². The van der Waals surface area contributed by atoms with Gasteiger partial charge in [-0.3, -0.25) is 9.78 Å². The lowest BCUT2D eigenvalue weighted by Gasteiger charge is -2.09. The minimum absolute atomic E-state index is 0.0522. The molecule has 0 aliphatic heterocycles. The lowest BCUT2D eigenvalue weighted by atomic mass is 10.2. The van der Waals surface area contributed by atoms with Gasteiger partial charge < -0.3 is 10.6 Å². The Labute approximate surface area is 107 Å². The lowest BCUT2D eigenvalue weighted by molar-refractivity contribution is -0.120. The highest BCUT2D eigenvalue weighted by molar-refractivity contribution is 6.33. The van der Waals surface area contributed by atoms with E-state index in [1.807, 2.05) is 0 Å². The van der Waals surface area contributed by atoms with E-state index in [9.17, 15) is 4.79 Å². The van der Waals surface area contributed by atoms with Crippen LogP contribution in [0.25, 0.3) is 0 Å². The van der Waals surface area contributed by atoms with Crippen LogP contribution in [0.3, 0.4) is 0 Å². The molecule has 4 nitrogen and oxygen atoms in total. The summed E-state index contributed by atoms with van der Waals surface area (Å²) < 4.78 is 0. The standard InChI is InChI=1S/C12H18ClN3O/c1-9(2)7-16-12(17)4-6-15-11-3-5-14-8-10(11)13/h3,5,8-9H,4,6-7H2,1-2H3,(H,14,15)(H,16,17). The van der Waals surface area contributed by atoms with Gasteiger partial charge in [0.2, 0.25) is 5.91 Å². The van der Waals surface area contributed by atoms with Gasteiger partial charge in [-0.1, -0.05) is 25.4 Å². The van der Waals surface area contributed by atoms with E-state index in [-0.39, 0.29) is 5.91 Å². The highest BCUT2D eigenvalue weighted by Gasteiger charge is 2.03. The van der Waals surface area contributed by atoms with E-state index in [4.69, 9.17) is 11.6 Å². The van der Waals surface area contributed by atoms with Gasteiger partial charge in [-0.15, -0.1) is 0 Å². The van der Waals surface area contributed by atoms with E-state index in [0.717, 1.165) is 12.2 Å². The summed E-state index contributed by atoms with van der Waals surface area (Å²) in [5, 5.41) is 6.52. The second-order valence-electron chi connectivity index (χ2n) is 4.23. The third-order valence-corrected chi connectivity index (χ3v) is 2.45. The molecule has 0 bridgehead atoms. The molecule has 1 aromatic heterocycles. The zero-order valence-electron chi connectivity index (χ0n) is 10.2. The van der Waals surface area contributed by atoms with Crippen LogP contribution < -0.4 is 10.6 Å². The first-order chi connectivity index (χ1) is 8.09. The molecule has 1 amide bonds. The predicted molar refractivity (Wildman–Crippen MR) is 70.2 cm³/mol. The van der Waals surface area contributed by atoms with Crippen molar-refractivity contribution in [2.75, 3.05) is 18.4 Å². The molecule has 1 heterocycles. The maximum atomic E-state index is 11.4. The monoisotopic (exact) mass is 255 g/mol. The maximum Gasteiger partial charge on any atom is 0.221 e. The van der Waals surface area contributed by atoms with Crippen molar-refractivity contribution in [3.8, 4) is 0 Å². The number of carbonyl (C=O) groups is 1. The Balaban J connectivity index is 2.24.